The summed E-state index contributed by atoms with van der Waals surface area (Å²) in [6.07, 6.45) is 4.99. The molecule has 1 atom stereocenters. The van der Waals surface area contributed by atoms with Gasteiger partial charge in [0.25, 0.3) is 0 Å². The summed E-state index contributed by atoms with van der Waals surface area (Å²) >= 11 is 5.36. The summed E-state index contributed by atoms with van der Waals surface area (Å²) in [5, 5.41) is 7.33. The number of unbranched alkanes of at least 4 members (excludes halogenated alkanes) is 2. The van der Waals surface area contributed by atoms with Crippen molar-refractivity contribution >= 4 is 23.0 Å². The Morgan fingerprint density at radius 1 is 1.16 bits per heavy atom. The third-order valence-electron chi connectivity index (χ3n) is 3.10. The van der Waals surface area contributed by atoms with E-state index in [4.69, 9.17) is 12.2 Å². The molecule has 0 aliphatic carbocycles. The molecular formula is C16H26N2S. The number of aryl methyl sites for hydroxylation is 2. The zero-order valence-electron chi connectivity index (χ0n) is 12.5. The van der Waals surface area contributed by atoms with Crippen LogP contribution in [-0.4, -0.2) is 11.2 Å². The Kier molecular flexibility index (Phi) is 6.85. The van der Waals surface area contributed by atoms with E-state index in [9.17, 15) is 0 Å². The number of hydrogen-bond acceptors (Lipinski definition) is 1. The van der Waals surface area contributed by atoms with Crippen LogP contribution in [0.4, 0.5) is 5.69 Å². The van der Waals surface area contributed by atoms with Crippen LogP contribution in [0.3, 0.4) is 0 Å². The fourth-order valence-corrected chi connectivity index (χ4v) is 2.53. The molecule has 2 nitrogen and oxygen atoms in total. The van der Waals surface area contributed by atoms with Crippen LogP contribution in [0.25, 0.3) is 0 Å². The lowest BCUT2D eigenvalue weighted by Gasteiger charge is -2.17. The summed E-state index contributed by atoms with van der Waals surface area (Å²) in [6, 6.07) is 6.82. The SMILES string of the molecule is CCCCCC(C)NC(=S)Nc1cc(C)cc(C)c1. The molecule has 0 spiro atoms. The largest absolute Gasteiger partial charge is 0.360 e. The molecule has 2 N–H and O–H groups in total. The maximum atomic E-state index is 5.36. The molecule has 0 heterocycles. The van der Waals surface area contributed by atoms with Gasteiger partial charge in [0.15, 0.2) is 5.11 Å². The number of anilines is 1. The first kappa shape index (κ1) is 16.0. The Morgan fingerprint density at radius 2 is 1.79 bits per heavy atom. The van der Waals surface area contributed by atoms with Gasteiger partial charge in [-0.15, -0.1) is 0 Å². The molecule has 0 aromatic heterocycles. The van der Waals surface area contributed by atoms with Gasteiger partial charge in [-0.05, 0) is 62.7 Å². The number of thiocarbonyl (C=S) groups is 1. The molecule has 1 aromatic carbocycles. The molecule has 0 fully saturated rings. The average Bonchev–Trinajstić information content (AvgIpc) is 2.27. The van der Waals surface area contributed by atoms with Crippen LogP contribution < -0.4 is 10.6 Å². The van der Waals surface area contributed by atoms with Gasteiger partial charge in [0.2, 0.25) is 0 Å². The lowest BCUT2D eigenvalue weighted by atomic mass is 10.1. The molecule has 0 bridgehead atoms. The first-order chi connectivity index (χ1) is 9.01. The van der Waals surface area contributed by atoms with Crippen LogP contribution in [0.5, 0.6) is 0 Å². The van der Waals surface area contributed by atoms with E-state index < -0.39 is 0 Å². The zero-order chi connectivity index (χ0) is 14.3. The Morgan fingerprint density at radius 3 is 2.37 bits per heavy atom. The van der Waals surface area contributed by atoms with Gasteiger partial charge in [-0.3, -0.25) is 0 Å². The highest BCUT2D eigenvalue weighted by molar-refractivity contribution is 7.80. The minimum absolute atomic E-state index is 0.428. The summed E-state index contributed by atoms with van der Waals surface area (Å²) in [4.78, 5) is 0. The van der Waals surface area contributed by atoms with Crippen LogP contribution >= 0.6 is 12.2 Å². The maximum absolute atomic E-state index is 5.36. The van der Waals surface area contributed by atoms with Gasteiger partial charge >= 0.3 is 0 Å². The normalized spacial score (nSPS) is 12.0. The predicted octanol–water partition coefficient (Wildman–Crippen LogP) is 4.56. The van der Waals surface area contributed by atoms with E-state index in [1.165, 1.54) is 36.8 Å². The van der Waals surface area contributed by atoms with Gasteiger partial charge in [0.05, 0.1) is 0 Å². The highest BCUT2D eigenvalue weighted by Crippen LogP contribution is 2.13. The second-order valence-electron chi connectivity index (χ2n) is 5.37. The Hall–Kier alpha value is -1.09. The number of rotatable bonds is 6. The predicted molar refractivity (Wildman–Crippen MR) is 88.9 cm³/mol. The third-order valence-corrected chi connectivity index (χ3v) is 3.32. The highest BCUT2D eigenvalue weighted by Gasteiger charge is 2.04. The van der Waals surface area contributed by atoms with Crippen LogP contribution in [0.15, 0.2) is 18.2 Å². The van der Waals surface area contributed by atoms with Crippen molar-refractivity contribution in [1.82, 2.24) is 5.32 Å². The fraction of sp³-hybridized carbons (Fsp3) is 0.562. The first-order valence-electron chi connectivity index (χ1n) is 7.17. The lowest BCUT2D eigenvalue weighted by molar-refractivity contribution is 0.556. The van der Waals surface area contributed by atoms with Crippen molar-refractivity contribution in [2.24, 2.45) is 0 Å². The molecule has 0 amide bonds. The Labute approximate surface area is 123 Å². The topological polar surface area (TPSA) is 24.1 Å². The molecule has 0 radical (unpaired) electrons. The molecule has 3 heteroatoms. The minimum Gasteiger partial charge on any atom is -0.360 e. The van der Waals surface area contributed by atoms with Crippen molar-refractivity contribution in [2.45, 2.75) is 59.4 Å². The Balaban J connectivity index is 2.42. The van der Waals surface area contributed by atoms with Crippen molar-refractivity contribution in [3.05, 3.63) is 29.3 Å². The smallest absolute Gasteiger partial charge is 0.170 e. The zero-order valence-corrected chi connectivity index (χ0v) is 13.4. The summed E-state index contributed by atoms with van der Waals surface area (Å²) in [6.45, 7) is 8.61. The fourth-order valence-electron chi connectivity index (χ4n) is 2.21. The molecule has 1 rings (SSSR count). The molecule has 0 aliphatic rings. The van der Waals surface area contributed by atoms with E-state index in [2.05, 4.69) is 56.5 Å². The van der Waals surface area contributed by atoms with E-state index in [1.54, 1.807) is 0 Å². The summed E-state index contributed by atoms with van der Waals surface area (Å²) in [5.41, 5.74) is 3.57. The molecule has 1 aromatic rings. The molecule has 1 unspecified atom stereocenters. The summed E-state index contributed by atoms with van der Waals surface area (Å²) in [5.74, 6) is 0. The molecule has 0 saturated carbocycles. The Bertz CT molecular complexity index is 395. The number of hydrogen-bond donors (Lipinski definition) is 2. The average molecular weight is 278 g/mol. The van der Waals surface area contributed by atoms with Gasteiger partial charge in [-0.1, -0.05) is 32.3 Å². The molecule has 0 saturated heterocycles. The highest BCUT2D eigenvalue weighted by atomic mass is 32.1. The second-order valence-corrected chi connectivity index (χ2v) is 5.78. The van der Waals surface area contributed by atoms with Gasteiger partial charge in [-0.25, -0.2) is 0 Å². The lowest BCUT2D eigenvalue weighted by Crippen LogP contribution is -2.35. The maximum Gasteiger partial charge on any atom is 0.170 e. The van der Waals surface area contributed by atoms with E-state index in [-0.39, 0.29) is 0 Å². The van der Waals surface area contributed by atoms with E-state index in [0.29, 0.717) is 11.2 Å². The van der Waals surface area contributed by atoms with Crippen LogP contribution in [-0.2, 0) is 0 Å². The van der Waals surface area contributed by atoms with E-state index >= 15 is 0 Å². The van der Waals surface area contributed by atoms with E-state index in [0.717, 1.165) is 5.69 Å². The van der Waals surface area contributed by atoms with Crippen molar-refractivity contribution in [1.29, 1.82) is 0 Å². The molecule has 106 valence electrons. The van der Waals surface area contributed by atoms with Crippen molar-refractivity contribution in [3.63, 3.8) is 0 Å². The van der Waals surface area contributed by atoms with Gasteiger partial charge in [0, 0.05) is 11.7 Å². The summed E-state index contributed by atoms with van der Waals surface area (Å²) < 4.78 is 0. The molecule has 0 aliphatic heterocycles. The van der Waals surface area contributed by atoms with Crippen molar-refractivity contribution in [2.75, 3.05) is 5.32 Å². The monoisotopic (exact) mass is 278 g/mol. The van der Waals surface area contributed by atoms with Gasteiger partial charge in [0.1, 0.15) is 0 Å². The van der Waals surface area contributed by atoms with Crippen LogP contribution in [0.1, 0.15) is 50.7 Å². The minimum atomic E-state index is 0.428. The number of benzene rings is 1. The van der Waals surface area contributed by atoms with Crippen LogP contribution in [0.2, 0.25) is 0 Å². The second kappa shape index (κ2) is 8.16. The quantitative estimate of drug-likeness (QED) is 0.589. The summed E-state index contributed by atoms with van der Waals surface area (Å²) in [7, 11) is 0. The van der Waals surface area contributed by atoms with Crippen LogP contribution in [0, 0.1) is 13.8 Å². The standard InChI is InChI=1S/C16H26N2S/c1-5-6-7-8-14(4)17-16(19)18-15-10-12(2)9-13(3)11-15/h9-11,14H,5-8H2,1-4H3,(H2,17,18,19). The number of nitrogens with one attached hydrogen (secondary N) is 2. The van der Waals surface area contributed by atoms with E-state index in [1.807, 2.05) is 0 Å². The van der Waals surface area contributed by atoms with Crippen molar-refractivity contribution < 1.29 is 0 Å². The molecule has 19 heavy (non-hydrogen) atoms. The van der Waals surface area contributed by atoms with Crippen molar-refractivity contribution in [3.8, 4) is 0 Å². The molecular weight excluding hydrogens is 252 g/mol. The van der Waals surface area contributed by atoms with Gasteiger partial charge in [-0.2, -0.15) is 0 Å². The third kappa shape index (κ3) is 6.58. The first-order valence-corrected chi connectivity index (χ1v) is 7.58. The van der Waals surface area contributed by atoms with Gasteiger partial charge < -0.3 is 10.6 Å².